The maximum atomic E-state index is 11.3. The lowest BCUT2D eigenvalue weighted by Crippen LogP contribution is -2.54. The van der Waals surface area contributed by atoms with Crippen molar-refractivity contribution in [3.05, 3.63) is 0 Å². The molecule has 0 radical (unpaired) electrons. The van der Waals surface area contributed by atoms with Gasteiger partial charge in [-0.25, -0.2) is 0 Å². The van der Waals surface area contributed by atoms with Gasteiger partial charge >= 0.3 is 5.97 Å². The standard InChI is InChI=1S/C14H27NO3/c1-4-8-15-14(3,13(16)17)10-18-12-7-5-6-11(2)9-12/h11-12,15H,4-10H2,1-3H3,(H,16,17). The minimum absolute atomic E-state index is 0.232. The summed E-state index contributed by atoms with van der Waals surface area (Å²) in [6.45, 7) is 6.92. The van der Waals surface area contributed by atoms with E-state index in [1.54, 1.807) is 6.92 Å². The summed E-state index contributed by atoms with van der Waals surface area (Å²) in [5.41, 5.74) is -0.962. The molecule has 3 unspecified atom stereocenters. The van der Waals surface area contributed by atoms with Crippen molar-refractivity contribution in [3.63, 3.8) is 0 Å². The maximum absolute atomic E-state index is 11.3. The Morgan fingerprint density at radius 3 is 2.78 bits per heavy atom. The molecule has 1 rings (SSSR count). The molecule has 0 heterocycles. The molecule has 1 aliphatic carbocycles. The van der Waals surface area contributed by atoms with Crippen LogP contribution in [0.4, 0.5) is 0 Å². The zero-order valence-corrected chi connectivity index (χ0v) is 11.9. The van der Waals surface area contributed by atoms with Gasteiger partial charge in [-0.05, 0) is 38.6 Å². The first-order valence-electron chi connectivity index (χ1n) is 7.08. The van der Waals surface area contributed by atoms with Gasteiger partial charge in [0.25, 0.3) is 0 Å². The van der Waals surface area contributed by atoms with Gasteiger partial charge in [0.15, 0.2) is 0 Å². The second-order valence-electron chi connectivity index (χ2n) is 5.77. The molecule has 3 atom stereocenters. The van der Waals surface area contributed by atoms with Crippen LogP contribution >= 0.6 is 0 Å². The van der Waals surface area contributed by atoms with Gasteiger partial charge in [0.05, 0.1) is 12.7 Å². The Morgan fingerprint density at radius 2 is 2.22 bits per heavy atom. The van der Waals surface area contributed by atoms with Gasteiger partial charge in [0.2, 0.25) is 0 Å². The van der Waals surface area contributed by atoms with Crippen LogP contribution in [0.1, 0.15) is 52.9 Å². The molecule has 0 aromatic rings. The Labute approximate surface area is 110 Å². The van der Waals surface area contributed by atoms with Gasteiger partial charge < -0.3 is 15.2 Å². The van der Waals surface area contributed by atoms with Gasteiger partial charge in [-0.15, -0.1) is 0 Å². The van der Waals surface area contributed by atoms with Crippen LogP contribution in [-0.4, -0.2) is 35.9 Å². The molecule has 0 aromatic heterocycles. The molecular weight excluding hydrogens is 230 g/mol. The summed E-state index contributed by atoms with van der Waals surface area (Å²) >= 11 is 0. The molecule has 1 fully saturated rings. The summed E-state index contributed by atoms with van der Waals surface area (Å²) in [7, 11) is 0. The Bertz CT molecular complexity index is 270. The number of ether oxygens (including phenoxy) is 1. The lowest BCUT2D eigenvalue weighted by Gasteiger charge is -2.31. The van der Waals surface area contributed by atoms with E-state index in [1.165, 1.54) is 12.8 Å². The molecule has 4 nitrogen and oxygen atoms in total. The Kier molecular flexibility index (Phi) is 6.09. The van der Waals surface area contributed by atoms with E-state index in [0.717, 1.165) is 19.3 Å². The average Bonchev–Trinajstić information content (AvgIpc) is 2.34. The number of aliphatic carboxylic acids is 1. The summed E-state index contributed by atoms with van der Waals surface area (Å²) in [6, 6.07) is 0. The lowest BCUT2D eigenvalue weighted by atomic mass is 9.88. The molecule has 4 heteroatoms. The zero-order valence-electron chi connectivity index (χ0n) is 11.9. The summed E-state index contributed by atoms with van der Waals surface area (Å²) in [6.07, 6.45) is 5.74. The predicted octanol–water partition coefficient (Wildman–Crippen LogP) is 2.42. The number of hydrogen-bond donors (Lipinski definition) is 2. The minimum atomic E-state index is -0.962. The number of hydrogen-bond acceptors (Lipinski definition) is 3. The molecule has 18 heavy (non-hydrogen) atoms. The predicted molar refractivity (Wildman–Crippen MR) is 71.7 cm³/mol. The molecule has 0 aliphatic heterocycles. The number of carbonyl (C=O) groups is 1. The van der Waals surface area contributed by atoms with Crippen LogP contribution in [0.2, 0.25) is 0 Å². The van der Waals surface area contributed by atoms with Crippen molar-refractivity contribution in [2.75, 3.05) is 13.2 Å². The average molecular weight is 257 g/mol. The molecule has 1 saturated carbocycles. The number of nitrogens with one attached hydrogen (secondary N) is 1. The van der Waals surface area contributed by atoms with Crippen molar-refractivity contribution in [2.24, 2.45) is 5.92 Å². The highest BCUT2D eigenvalue weighted by atomic mass is 16.5. The lowest BCUT2D eigenvalue weighted by molar-refractivity contribution is -0.148. The third-order valence-corrected chi connectivity index (χ3v) is 3.73. The fourth-order valence-corrected chi connectivity index (χ4v) is 2.40. The second-order valence-corrected chi connectivity index (χ2v) is 5.77. The molecular formula is C14H27NO3. The number of carboxylic acid groups (broad SMARTS) is 1. The normalized spacial score (nSPS) is 27.7. The van der Waals surface area contributed by atoms with Crippen molar-refractivity contribution < 1.29 is 14.6 Å². The monoisotopic (exact) mass is 257 g/mol. The van der Waals surface area contributed by atoms with Gasteiger partial charge in [0, 0.05) is 0 Å². The topological polar surface area (TPSA) is 58.6 Å². The molecule has 106 valence electrons. The zero-order chi connectivity index (χ0) is 13.6. The van der Waals surface area contributed by atoms with E-state index in [4.69, 9.17) is 4.74 Å². The molecule has 0 saturated heterocycles. The summed E-state index contributed by atoms with van der Waals surface area (Å²) < 4.78 is 5.83. The van der Waals surface area contributed by atoms with Gasteiger partial charge in [-0.3, -0.25) is 4.79 Å². The quantitative estimate of drug-likeness (QED) is 0.735. The highest BCUT2D eigenvalue weighted by Gasteiger charge is 2.34. The minimum Gasteiger partial charge on any atom is -0.480 e. The second kappa shape index (κ2) is 7.10. The van der Waals surface area contributed by atoms with E-state index in [2.05, 4.69) is 12.2 Å². The van der Waals surface area contributed by atoms with Gasteiger partial charge in [-0.1, -0.05) is 26.7 Å². The first kappa shape index (κ1) is 15.4. The van der Waals surface area contributed by atoms with Crippen molar-refractivity contribution in [1.82, 2.24) is 5.32 Å². The van der Waals surface area contributed by atoms with Crippen molar-refractivity contribution in [1.29, 1.82) is 0 Å². The first-order valence-corrected chi connectivity index (χ1v) is 7.08. The fraction of sp³-hybridized carbons (Fsp3) is 0.929. The highest BCUT2D eigenvalue weighted by molar-refractivity contribution is 5.78. The third-order valence-electron chi connectivity index (χ3n) is 3.73. The first-order chi connectivity index (χ1) is 8.48. The van der Waals surface area contributed by atoms with Crippen LogP contribution in [0.25, 0.3) is 0 Å². The van der Waals surface area contributed by atoms with E-state index in [1.807, 2.05) is 6.92 Å². The van der Waals surface area contributed by atoms with E-state index < -0.39 is 11.5 Å². The molecule has 0 spiro atoms. The summed E-state index contributed by atoms with van der Waals surface area (Å²) in [5, 5.41) is 12.4. The van der Waals surface area contributed by atoms with E-state index in [0.29, 0.717) is 12.5 Å². The molecule has 0 aromatic carbocycles. The maximum Gasteiger partial charge on any atom is 0.326 e. The van der Waals surface area contributed by atoms with E-state index in [9.17, 15) is 9.90 Å². The Balaban J connectivity index is 2.43. The third kappa shape index (κ3) is 4.58. The number of rotatable bonds is 7. The fourth-order valence-electron chi connectivity index (χ4n) is 2.40. The molecule has 0 amide bonds. The molecule has 2 N–H and O–H groups in total. The largest absolute Gasteiger partial charge is 0.480 e. The van der Waals surface area contributed by atoms with Crippen molar-refractivity contribution in [3.8, 4) is 0 Å². The van der Waals surface area contributed by atoms with Crippen molar-refractivity contribution in [2.45, 2.75) is 64.5 Å². The molecule has 0 bridgehead atoms. The number of carboxylic acids is 1. The smallest absolute Gasteiger partial charge is 0.326 e. The van der Waals surface area contributed by atoms with Gasteiger partial charge in [0.1, 0.15) is 5.54 Å². The molecule has 1 aliphatic rings. The SMILES string of the molecule is CCCNC(C)(COC1CCCC(C)C1)C(=O)O. The van der Waals surface area contributed by atoms with E-state index >= 15 is 0 Å². The van der Waals surface area contributed by atoms with Gasteiger partial charge in [-0.2, -0.15) is 0 Å². The van der Waals surface area contributed by atoms with Crippen molar-refractivity contribution >= 4 is 5.97 Å². The van der Waals surface area contributed by atoms with Crippen LogP contribution in [-0.2, 0) is 9.53 Å². The Morgan fingerprint density at radius 1 is 1.50 bits per heavy atom. The Hall–Kier alpha value is -0.610. The van der Waals surface area contributed by atoms with Crippen LogP contribution < -0.4 is 5.32 Å². The van der Waals surface area contributed by atoms with Crippen LogP contribution in [0.5, 0.6) is 0 Å². The van der Waals surface area contributed by atoms with Crippen LogP contribution in [0.15, 0.2) is 0 Å². The summed E-state index contributed by atoms with van der Waals surface area (Å²) in [4.78, 5) is 11.3. The van der Waals surface area contributed by atoms with E-state index in [-0.39, 0.29) is 12.7 Å². The van der Waals surface area contributed by atoms with Crippen LogP contribution in [0, 0.1) is 5.92 Å². The summed E-state index contributed by atoms with van der Waals surface area (Å²) in [5.74, 6) is -0.136. The highest BCUT2D eigenvalue weighted by Crippen LogP contribution is 2.26. The van der Waals surface area contributed by atoms with Crippen LogP contribution in [0.3, 0.4) is 0 Å².